The molecular formula is C10H6F3N3O2. The van der Waals surface area contributed by atoms with Crippen molar-refractivity contribution in [3.05, 3.63) is 35.5 Å². The molecule has 18 heavy (non-hydrogen) atoms. The zero-order chi connectivity index (χ0) is 13.3. The molecule has 0 saturated heterocycles. The SMILES string of the molecule is O=C(O)c1n[nH]nc1-c1ccccc1C(F)(F)F. The van der Waals surface area contributed by atoms with E-state index in [4.69, 9.17) is 5.11 Å². The van der Waals surface area contributed by atoms with Crippen LogP contribution in [0.15, 0.2) is 24.3 Å². The van der Waals surface area contributed by atoms with Gasteiger partial charge in [0.15, 0.2) is 5.69 Å². The van der Waals surface area contributed by atoms with E-state index in [0.717, 1.165) is 12.1 Å². The standard InChI is InChI=1S/C10H6F3N3O2/c11-10(12,13)6-4-2-1-3-5(6)7-8(9(17)18)15-16-14-7/h1-4H,(H,17,18)(H,14,15,16). The highest BCUT2D eigenvalue weighted by atomic mass is 19.4. The van der Waals surface area contributed by atoms with Crippen LogP contribution in [0.1, 0.15) is 16.1 Å². The number of aromatic nitrogens is 3. The zero-order valence-corrected chi connectivity index (χ0v) is 8.69. The van der Waals surface area contributed by atoms with Crippen molar-refractivity contribution in [2.75, 3.05) is 0 Å². The molecule has 2 aromatic rings. The normalized spacial score (nSPS) is 11.5. The molecule has 0 aliphatic carbocycles. The van der Waals surface area contributed by atoms with Crippen LogP contribution in [0.2, 0.25) is 0 Å². The van der Waals surface area contributed by atoms with Gasteiger partial charge in [-0.3, -0.25) is 0 Å². The summed E-state index contributed by atoms with van der Waals surface area (Å²) in [5.74, 6) is -1.45. The Bertz CT molecular complexity index is 592. The average Bonchev–Trinajstić information content (AvgIpc) is 2.76. The third kappa shape index (κ3) is 2.04. The molecule has 1 heterocycles. The number of halogens is 3. The Balaban J connectivity index is 2.65. The van der Waals surface area contributed by atoms with E-state index in [1.807, 2.05) is 5.21 Å². The van der Waals surface area contributed by atoms with E-state index < -0.39 is 23.4 Å². The van der Waals surface area contributed by atoms with Crippen molar-refractivity contribution in [1.82, 2.24) is 15.4 Å². The molecule has 0 aliphatic heterocycles. The van der Waals surface area contributed by atoms with Crippen molar-refractivity contribution in [2.24, 2.45) is 0 Å². The van der Waals surface area contributed by atoms with Crippen molar-refractivity contribution < 1.29 is 23.1 Å². The Hall–Kier alpha value is -2.38. The summed E-state index contributed by atoms with van der Waals surface area (Å²) in [6.45, 7) is 0. The summed E-state index contributed by atoms with van der Waals surface area (Å²) in [4.78, 5) is 10.8. The van der Waals surface area contributed by atoms with Gasteiger partial charge in [-0.2, -0.15) is 23.5 Å². The number of nitrogens with one attached hydrogen (secondary N) is 1. The molecule has 2 N–H and O–H groups in total. The van der Waals surface area contributed by atoms with Gasteiger partial charge in [-0.25, -0.2) is 4.79 Å². The molecular weight excluding hydrogens is 251 g/mol. The molecule has 1 aromatic carbocycles. The van der Waals surface area contributed by atoms with Crippen LogP contribution in [0.3, 0.4) is 0 Å². The lowest BCUT2D eigenvalue weighted by atomic mass is 10.0. The second-order valence-electron chi connectivity index (χ2n) is 3.37. The lowest BCUT2D eigenvalue weighted by Crippen LogP contribution is -2.08. The second kappa shape index (κ2) is 4.13. The molecule has 1 aromatic heterocycles. The topological polar surface area (TPSA) is 78.9 Å². The number of hydrogen-bond acceptors (Lipinski definition) is 3. The average molecular weight is 257 g/mol. The van der Waals surface area contributed by atoms with E-state index in [-0.39, 0.29) is 11.3 Å². The molecule has 94 valence electrons. The van der Waals surface area contributed by atoms with E-state index in [1.165, 1.54) is 12.1 Å². The van der Waals surface area contributed by atoms with E-state index in [0.29, 0.717) is 0 Å². The van der Waals surface area contributed by atoms with E-state index in [1.54, 1.807) is 0 Å². The number of benzene rings is 1. The van der Waals surface area contributed by atoms with Gasteiger partial charge in [-0.05, 0) is 6.07 Å². The Morgan fingerprint density at radius 3 is 2.50 bits per heavy atom. The summed E-state index contributed by atoms with van der Waals surface area (Å²) in [5.41, 5.74) is -2.17. The largest absolute Gasteiger partial charge is 0.476 e. The predicted molar refractivity (Wildman–Crippen MR) is 53.8 cm³/mol. The summed E-state index contributed by atoms with van der Waals surface area (Å²) < 4.78 is 38.3. The van der Waals surface area contributed by atoms with Crippen LogP contribution in [-0.4, -0.2) is 26.5 Å². The van der Waals surface area contributed by atoms with Crippen LogP contribution in [0.4, 0.5) is 13.2 Å². The quantitative estimate of drug-likeness (QED) is 0.864. The maximum atomic E-state index is 12.8. The number of aromatic carboxylic acids is 1. The number of H-pyrrole nitrogens is 1. The maximum absolute atomic E-state index is 12.8. The van der Waals surface area contributed by atoms with Crippen molar-refractivity contribution in [3.8, 4) is 11.3 Å². The van der Waals surface area contributed by atoms with Crippen LogP contribution >= 0.6 is 0 Å². The van der Waals surface area contributed by atoms with Crippen LogP contribution in [-0.2, 0) is 6.18 Å². The van der Waals surface area contributed by atoms with Gasteiger partial charge in [0, 0.05) is 5.56 Å². The number of hydrogen-bond donors (Lipinski definition) is 2. The first kappa shape index (κ1) is 12.1. The van der Waals surface area contributed by atoms with Crippen LogP contribution in [0.25, 0.3) is 11.3 Å². The first-order valence-corrected chi connectivity index (χ1v) is 4.72. The molecule has 0 amide bonds. The molecule has 0 saturated carbocycles. The number of alkyl halides is 3. The fourth-order valence-corrected chi connectivity index (χ4v) is 1.50. The fraction of sp³-hybridized carbons (Fsp3) is 0.100. The third-order valence-electron chi connectivity index (χ3n) is 2.24. The molecule has 0 spiro atoms. The number of nitrogens with zero attached hydrogens (tertiary/aromatic N) is 2. The summed E-state index contributed by atoms with van der Waals surface area (Å²) in [7, 11) is 0. The van der Waals surface area contributed by atoms with Gasteiger partial charge in [-0.1, -0.05) is 18.2 Å². The van der Waals surface area contributed by atoms with Crippen LogP contribution in [0.5, 0.6) is 0 Å². The Morgan fingerprint density at radius 2 is 1.89 bits per heavy atom. The molecule has 0 fully saturated rings. The van der Waals surface area contributed by atoms with Crippen molar-refractivity contribution in [1.29, 1.82) is 0 Å². The Morgan fingerprint density at radius 1 is 1.22 bits per heavy atom. The monoisotopic (exact) mass is 257 g/mol. The van der Waals surface area contributed by atoms with E-state index >= 15 is 0 Å². The minimum Gasteiger partial charge on any atom is -0.476 e. The number of carbonyl (C=O) groups is 1. The van der Waals surface area contributed by atoms with Crippen molar-refractivity contribution >= 4 is 5.97 Å². The number of carboxylic acids is 1. The summed E-state index contributed by atoms with van der Waals surface area (Å²) in [6.07, 6.45) is -4.59. The summed E-state index contributed by atoms with van der Waals surface area (Å²) in [5, 5.41) is 17.6. The highest BCUT2D eigenvalue weighted by molar-refractivity contribution is 5.92. The number of rotatable bonds is 2. The summed E-state index contributed by atoms with van der Waals surface area (Å²) >= 11 is 0. The second-order valence-corrected chi connectivity index (χ2v) is 3.37. The van der Waals surface area contributed by atoms with Gasteiger partial charge >= 0.3 is 12.1 Å². The molecule has 0 radical (unpaired) electrons. The molecule has 2 rings (SSSR count). The molecule has 0 unspecified atom stereocenters. The summed E-state index contributed by atoms with van der Waals surface area (Å²) in [6, 6.07) is 4.58. The van der Waals surface area contributed by atoms with Gasteiger partial charge in [-0.15, -0.1) is 5.10 Å². The molecule has 8 heteroatoms. The van der Waals surface area contributed by atoms with E-state index in [2.05, 4.69) is 10.2 Å². The van der Waals surface area contributed by atoms with Crippen LogP contribution < -0.4 is 0 Å². The van der Waals surface area contributed by atoms with Crippen molar-refractivity contribution in [2.45, 2.75) is 6.18 Å². The molecule has 0 atom stereocenters. The molecule has 5 nitrogen and oxygen atoms in total. The van der Waals surface area contributed by atoms with Crippen LogP contribution in [0, 0.1) is 0 Å². The maximum Gasteiger partial charge on any atom is 0.417 e. The Kier molecular flexibility index (Phi) is 2.77. The highest BCUT2D eigenvalue weighted by Crippen LogP contribution is 2.36. The first-order chi connectivity index (χ1) is 8.41. The van der Waals surface area contributed by atoms with Gasteiger partial charge in [0.1, 0.15) is 5.69 Å². The minimum absolute atomic E-state index is 0.323. The number of aromatic amines is 1. The zero-order valence-electron chi connectivity index (χ0n) is 8.69. The highest BCUT2D eigenvalue weighted by Gasteiger charge is 2.35. The molecule has 0 bridgehead atoms. The third-order valence-corrected chi connectivity index (χ3v) is 2.24. The van der Waals surface area contributed by atoms with Gasteiger partial charge < -0.3 is 5.11 Å². The van der Waals surface area contributed by atoms with Gasteiger partial charge in [0.25, 0.3) is 0 Å². The Labute approximate surface area is 98.3 Å². The smallest absolute Gasteiger partial charge is 0.417 e. The first-order valence-electron chi connectivity index (χ1n) is 4.72. The lowest BCUT2D eigenvalue weighted by molar-refractivity contribution is -0.137. The van der Waals surface area contributed by atoms with Gasteiger partial charge in [0.05, 0.1) is 5.56 Å². The molecule has 0 aliphatic rings. The number of carboxylic acid groups (broad SMARTS) is 1. The predicted octanol–water partition coefficient (Wildman–Crippen LogP) is 2.19. The van der Waals surface area contributed by atoms with E-state index in [9.17, 15) is 18.0 Å². The van der Waals surface area contributed by atoms with Gasteiger partial charge in [0.2, 0.25) is 0 Å². The lowest BCUT2D eigenvalue weighted by Gasteiger charge is -2.10. The fourth-order valence-electron chi connectivity index (χ4n) is 1.50. The minimum atomic E-state index is -4.59. The van der Waals surface area contributed by atoms with Crippen molar-refractivity contribution in [3.63, 3.8) is 0 Å².